The van der Waals surface area contributed by atoms with E-state index in [0.717, 1.165) is 74.6 Å². The molecule has 2 aromatic carbocycles. The summed E-state index contributed by atoms with van der Waals surface area (Å²) in [5.41, 5.74) is 2.64. The van der Waals surface area contributed by atoms with Crippen LogP contribution in [0.1, 0.15) is 51.0 Å². The maximum Gasteiger partial charge on any atom is 0.231 e. The number of nitrogens with zero attached hydrogens (tertiary/aromatic N) is 2. The molecular formula is C31H35N3O3S. The lowest BCUT2D eigenvalue weighted by molar-refractivity contribution is -0.115. The van der Waals surface area contributed by atoms with Gasteiger partial charge in [0.1, 0.15) is 5.82 Å². The zero-order valence-corrected chi connectivity index (χ0v) is 22.8. The van der Waals surface area contributed by atoms with E-state index < -0.39 is 0 Å². The van der Waals surface area contributed by atoms with Crippen molar-refractivity contribution in [2.75, 3.05) is 31.3 Å². The summed E-state index contributed by atoms with van der Waals surface area (Å²) in [5, 5.41) is 4.94. The number of rotatable bonds is 13. The molecule has 1 saturated heterocycles. The molecule has 1 aliphatic carbocycles. The van der Waals surface area contributed by atoms with E-state index in [1.807, 2.05) is 24.3 Å². The van der Waals surface area contributed by atoms with Gasteiger partial charge in [-0.15, -0.1) is 0 Å². The van der Waals surface area contributed by atoms with Crippen LogP contribution in [0.15, 0.2) is 60.7 Å². The van der Waals surface area contributed by atoms with E-state index in [1.54, 1.807) is 17.6 Å². The average molecular weight is 530 g/mol. The predicted molar refractivity (Wildman–Crippen MR) is 154 cm³/mol. The Kier molecular flexibility index (Phi) is 6.74. The second-order valence-corrected chi connectivity index (χ2v) is 11.8. The van der Waals surface area contributed by atoms with Crippen molar-refractivity contribution in [1.82, 2.24) is 9.69 Å². The average Bonchev–Trinajstić information content (AvgIpc) is 3.37. The van der Waals surface area contributed by atoms with Crippen LogP contribution in [0.4, 0.5) is 5.82 Å². The summed E-state index contributed by atoms with van der Waals surface area (Å²) < 4.78 is 16.8. The van der Waals surface area contributed by atoms with Gasteiger partial charge in [-0.1, -0.05) is 43.4 Å². The Morgan fingerprint density at radius 3 is 2.89 bits per heavy atom. The number of anilines is 1. The number of aromatic nitrogens is 1. The Bertz CT molecular complexity index is 1400. The van der Waals surface area contributed by atoms with Gasteiger partial charge in [-0.25, -0.2) is 0 Å². The Labute approximate surface area is 228 Å². The summed E-state index contributed by atoms with van der Waals surface area (Å²) in [6.07, 6.45) is 9.28. The fourth-order valence-electron chi connectivity index (χ4n) is 6.13. The van der Waals surface area contributed by atoms with E-state index in [4.69, 9.17) is 13.8 Å². The van der Waals surface area contributed by atoms with Crippen LogP contribution in [0.5, 0.6) is 11.5 Å². The highest BCUT2D eigenvalue weighted by Gasteiger charge is 2.72. The molecule has 7 heteroatoms. The van der Waals surface area contributed by atoms with Gasteiger partial charge in [0.05, 0.1) is 4.70 Å². The Hall–Kier alpha value is -3.16. The number of allylic oxidation sites excluding steroid dienone is 1. The molecular weight excluding hydrogens is 494 g/mol. The number of hydrogen-bond donors (Lipinski definition) is 1. The van der Waals surface area contributed by atoms with Crippen molar-refractivity contribution in [2.24, 2.45) is 5.41 Å². The number of ketones is 1. The number of nitrogens with one attached hydrogen (secondary N) is 1. The molecule has 0 amide bonds. The minimum Gasteiger partial charge on any atom is -0.454 e. The fourth-order valence-corrected chi connectivity index (χ4v) is 6.93. The van der Waals surface area contributed by atoms with Crippen LogP contribution < -0.4 is 19.7 Å². The van der Waals surface area contributed by atoms with Crippen LogP contribution in [0, 0.1) is 5.41 Å². The van der Waals surface area contributed by atoms with Gasteiger partial charge in [0.25, 0.3) is 0 Å². The second-order valence-electron chi connectivity index (χ2n) is 11.0. The molecule has 1 saturated carbocycles. The maximum atomic E-state index is 12.6. The number of fused-ring (bicyclic) bond motifs is 3. The molecule has 1 aromatic heterocycles. The highest BCUT2D eigenvalue weighted by molar-refractivity contribution is 7.13. The summed E-state index contributed by atoms with van der Waals surface area (Å²) in [6.45, 7) is 9.87. The molecule has 38 heavy (non-hydrogen) atoms. The van der Waals surface area contributed by atoms with Gasteiger partial charge in [0, 0.05) is 42.4 Å². The number of carbonyl (C=O) groups excluding carboxylic acids is 1. The lowest BCUT2D eigenvalue weighted by Crippen LogP contribution is -2.53. The Balaban J connectivity index is 0.994. The van der Waals surface area contributed by atoms with E-state index in [1.165, 1.54) is 15.7 Å². The predicted octanol–water partition coefficient (Wildman–Crippen LogP) is 6.37. The molecule has 3 heterocycles. The molecule has 2 aliphatic heterocycles. The van der Waals surface area contributed by atoms with Crippen molar-refractivity contribution in [3.8, 4) is 11.5 Å². The van der Waals surface area contributed by atoms with Crippen LogP contribution in [0.25, 0.3) is 16.2 Å². The smallest absolute Gasteiger partial charge is 0.231 e. The first-order valence-corrected chi connectivity index (χ1v) is 14.4. The van der Waals surface area contributed by atoms with Gasteiger partial charge in [-0.05, 0) is 79.5 Å². The summed E-state index contributed by atoms with van der Waals surface area (Å²) in [7, 11) is 0. The van der Waals surface area contributed by atoms with Crippen molar-refractivity contribution in [2.45, 2.75) is 51.0 Å². The monoisotopic (exact) mass is 529 g/mol. The number of hydrogen-bond acceptors (Lipinski definition) is 7. The van der Waals surface area contributed by atoms with Crippen LogP contribution in [0.2, 0.25) is 0 Å². The number of ether oxygens (including phenoxy) is 2. The van der Waals surface area contributed by atoms with Crippen LogP contribution in [-0.4, -0.2) is 42.1 Å². The molecule has 0 spiro atoms. The summed E-state index contributed by atoms with van der Waals surface area (Å²) in [6, 6.07) is 14.2. The topological polar surface area (TPSA) is 63.7 Å². The lowest BCUT2D eigenvalue weighted by Gasteiger charge is -2.38. The van der Waals surface area contributed by atoms with Gasteiger partial charge in [-0.3, -0.25) is 4.79 Å². The molecule has 0 radical (unpaired) electrons. The largest absolute Gasteiger partial charge is 0.454 e. The third-order valence-electron chi connectivity index (χ3n) is 8.44. The van der Waals surface area contributed by atoms with Crippen LogP contribution in [-0.2, 0) is 4.79 Å². The Morgan fingerprint density at radius 2 is 2.05 bits per heavy atom. The molecule has 198 valence electrons. The van der Waals surface area contributed by atoms with E-state index in [-0.39, 0.29) is 23.5 Å². The zero-order valence-electron chi connectivity index (χ0n) is 22.0. The maximum absolute atomic E-state index is 12.6. The van der Waals surface area contributed by atoms with Crippen molar-refractivity contribution in [1.29, 1.82) is 0 Å². The third kappa shape index (κ3) is 4.74. The minimum atomic E-state index is 0.147. The summed E-state index contributed by atoms with van der Waals surface area (Å²) in [4.78, 5) is 15.1. The van der Waals surface area contributed by atoms with E-state index in [9.17, 15) is 4.79 Å². The summed E-state index contributed by atoms with van der Waals surface area (Å²) in [5.74, 6) is 2.77. The molecule has 3 aliphatic rings. The molecule has 2 unspecified atom stereocenters. The van der Waals surface area contributed by atoms with Crippen molar-refractivity contribution in [3.63, 3.8) is 0 Å². The van der Waals surface area contributed by atoms with Crippen molar-refractivity contribution < 1.29 is 14.3 Å². The molecule has 0 bridgehead atoms. The highest BCUT2D eigenvalue weighted by atomic mass is 32.1. The lowest BCUT2D eigenvalue weighted by atomic mass is 9.82. The number of benzene rings is 2. The van der Waals surface area contributed by atoms with Gasteiger partial charge in [0.2, 0.25) is 6.79 Å². The van der Waals surface area contributed by atoms with E-state index in [0.29, 0.717) is 6.42 Å². The summed E-state index contributed by atoms with van der Waals surface area (Å²) >= 11 is 1.58. The SMILES string of the molecule is C=C(CCN(CCC)c1nsc2ccccc12)CC12CC1(CCC(=O)C=Cc1ccc3c(c1)OCO3)CN2. The fraction of sp³-hybridized carbons (Fsp3) is 0.419. The normalized spacial score (nSPS) is 22.9. The third-order valence-corrected chi connectivity index (χ3v) is 9.26. The minimum absolute atomic E-state index is 0.147. The molecule has 2 atom stereocenters. The van der Waals surface area contributed by atoms with E-state index >= 15 is 0 Å². The molecule has 1 N–H and O–H groups in total. The van der Waals surface area contributed by atoms with Crippen molar-refractivity contribution in [3.05, 3.63) is 66.3 Å². The first-order chi connectivity index (χ1) is 18.5. The van der Waals surface area contributed by atoms with Gasteiger partial charge < -0.3 is 19.7 Å². The molecule has 6 nitrogen and oxygen atoms in total. The first-order valence-electron chi connectivity index (χ1n) is 13.6. The molecule has 3 aromatic rings. The van der Waals surface area contributed by atoms with E-state index in [2.05, 4.69) is 48.0 Å². The van der Waals surface area contributed by atoms with Crippen LogP contribution >= 0.6 is 11.5 Å². The van der Waals surface area contributed by atoms with Crippen LogP contribution in [0.3, 0.4) is 0 Å². The van der Waals surface area contributed by atoms with Gasteiger partial charge >= 0.3 is 0 Å². The molecule has 6 rings (SSSR count). The second kappa shape index (κ2) is 10.2. The standard InChI is InChI=1S/C31H35N3O3S/c1-3-15-34(29-25-6-4-5-7-28(25)38-33-29)16-13-22(2)18-31-19-30(31,20-32-31)14-12-24(35)10-8-23-9-11-26-27(17-23)37-21-36-26/h4-11,17,32H,2-3,12-16,18-21H2,1H3. The van der Waals surface area contributed by atoms with Crippen molar-refractivity contribution >= 4 is 39.3 Å². The Morgan fingerprint density at radius 1 is 1.18 bits per heavy atom. The van der Waals surface area contributed by atoms with Gasteiger partial charge in [0.15, 0.2) is 17.3 Å². The molecule has 2 fully saturated rings. The highest BCUT2D eigenvalue weighted by Crippen LogP contribution is 2.67. The zero-order chi connectivity index (χ0) is 26.2. The quantitative estimate of drug-likeness (QED) is 0.205. The first kappa shape index (κ1) is 25.1. The number of carbonyl (C=O) groups is 1. The van der Waals surface area contributed by atoms with Gasteiger partial charge in [-0.2, -0.15) is 4.37 Å².